The smallest absolute Gasteiger partial charge is 0.131 e. The average molecular weight is 210 g/mol. The number of nitrogens with one attached hydrogen (secondary N) is 2. The predicted octanol–water partition coefficient (Wildman–Crippen LogP) is 1.09. The Hall–Kier alpha value is -1.36. The zero-order valence-electron chi connectivity index (χ0n) is 9.20. The highest BCUT2D eigenvalue weighted by Gasteiger charge is 1.97. The molecule has 0 aromatic carbocycles. The second-order valence-corrected chi connectivity index (χ2v) is 3.46. The molecule has 0 bridgehead atoms. The van der Waals surface area contributed by atoms with Crippen molar-refractivity contribution in [3.8, 4) is 0 Å². The third kappa shape index (κ3) is 4.60. The van der Waals surface area contributed by atoms with Gasteiger partial charge in [0.25, 0.3) is 0 Å². The van der Waals surface area contributed by atoms with Gasteiger partial charge >= 0.3 is 0 Å². The lowest BCUT2D eigenvalue weighted by molar-refractivity contribution is 0.183. The molecule has 5 heteroatoms. The molecule has 3 N–H and O–H groups in total. The zero-order valence-corrected chi connectivity index (χ0v) is 9.20. The molecule has 0 aliphatic rings. The molecule has 0 saturated carbocycles. The van der Waals surface area contributed by atoms with Gasteiger partial charge in [-0.2, -0.15) is 0 Å². The van der Waals surface area contributed by atoms with E-state index in [1.165, 1.54) is 6.33 Å². The van der Waals surface area contributed by atoms with Crippen molar-refractivity contribution in [2.75, 3.05) is 24.2 Å². The van der Waals surface area contributed by atoms with Gasteiger partial charge < -0.3 is 15.7 Å². The second kappa shape index (κ2) is 6.19. The van der Waals surface area contributed by atoms with E-state index in [1.807, 2.05) is 13.1 Å². The van der Waals surface area contributed by atoms with Gasteiger partial charge in [0.15, 0.2) is 0 Å². The van der Waals surface area contributed by atoms with Crippen molar-refractivity contribution in [1.82, 2.24) is 9.97 Å². The summed E-state index contributed by atoms with van der Waals surface area (Å²) in [6.07, 6.45) is 3.01. The van der Waals surface area contributed by atoms with Crippen LogP contribution in [0, 0.1) is 0 Å². The van der Waals surface area contributed by atoms with E-state index in [9.17, 15) is 0 Å². The van der Waals surface area contributed by atoms with Crippen LogP contribution in [0.4, 0.5) is 11.6 Å². The molecular formula is C10H18N4O. The molecule has 0 amide bonds. The summed E-state index contributed by atoms with van der Waals surface area (Å²) in [6.45, 7) is 2.61. The highest BCUT2D eigenvalue weighted by molar-refractivity contribution is 5.45. The molecule has 1 aromatic rings. The van der Waals surface area contributed by atoms with Crippen molar-refractivity contribution in [1.29, 1.82) is 0 Å². The average Bonchev–Trinajstić information content (AvgIpc) is 2.24. The Morgan fingerprint density at radius 2 is 2.13 bits per heavy atom. The second-order valence-electron chi connectivity index (χ2n) is 3.46. The van der Waals surface area contributed by atoms with Crippen LogP contribution >= 0.6 is 0 Å². The Kier molecular flexibility index (Phi) is 4.83. The molecule has 0 spiro atoms. The molecule has 1 unspecified atom stereocenters. The predicted molar refractivity (Wildman–Crippen MR) is 61.0 cm³/mol. The number of hydrogen-bond donors (Lipinski definition) is 3. The monoisotopic (exact) mass is 210 g/mol. The van der Waals surface area contributed by atoms with Gasteiger partial charge in [-0.05, 0) is 19.8 Å². The molecule has 1 heterocycles. The first-order valence-electron chi connectivity index (χ1n) is 5.14. The Bertz CT molecular complexity index is 291. The van der Waals surface area contributed by atoms with E-state index < -0.39 is 0 Å². The minimum atomic E-state index is -0.231. The van der Waals surface area contributed by atoms with Crippen LogP contribution in [-0.2, 0) is 0 Å². The number of rotatable bonds is 6. The first kappa shape index (κ1) is 11.7. The summed E-state index contributed by atoms with van der Waals surface area (Å²) in [5, 5.41) is 15.2. The van der Waals surface area contributed by atoms with E-state index in [4.69, 9.17) is 5.11 Å². The van der Waals surface area contributed by atoms with E-state index in [0.29, 0.717) is 0 Å². The standard InChI is InChI=1S/C10H18N4O/c1-8(15)4-3-5-12-10-6-9(11-2)13-7-14-10/h6-8,15H,3-5H2,1-2H3,(H2,11,12,13,14). The molecular weight excluding hydrogens is 192 g/mol. The Balaban J connectivity index is 2.30. The number of anilines is 2. The van der Waals surface area contributed by atoms with Crippen molar-refractivity contribution < 1.29 is 5.11 Å². The van der Waals surface area contributed by atoms with Gasteiger partial charge in [-0.25, -0.2) is 9.97 Å². The van der Waals surface area contributed by atoms with Gasteiger partial charge in [-0.1, -0.05) is 0 Å². The minimum absolute atomic E-state index is 0.231. The fraction of sp³-hybridized carbons (Fsp3) is 0.600. The number of aromatic nitrogens is 2. The van der Waals surface area contributed by atoms with Crippen molar-refractivity contribution in [2.24, 2.45) is 0 Å². The normalized spacial score (nSPS) is 12.2. The van der Waals surface area contributed by atoms with Crippen molar-refractivity contribution in [3.05, 3.63) is 12.4 Å². The van der Waals surface area contributed by atoms with Crippen LogP contribution in [0.15, 0.2) is 12.4 Å². The van der Waals surface area contributed by atoms with Crippen LogP contribution < -0.4 is 10.6 Å². The Labute approximate surface area is 90.0 Å². The van der Waals surface area contributed by atoms with E-state index in [0.717, 1.165) is 31.0 Å². The molecule has 0 fully saturated rings. The van der Waals surface area contributed by atoms with Crippen molar-refractivity contribution in [3.63, 3.8) is 0 Å². The van der Waals surface area contributed by atoms with Gasteiger partial charge in [-0.3, -0.25) is 0 Å². The molecule has 5 nitrogen and oxygen atoms in total. The topological polar surface area (TPSA) is 70.1 Å². The van der Waals surface area contributed by atoms with Crippen LogP contribution in [0.5, 0.6) is 0 Å². The maximum Gasteiger partial charge on any atom is 0.131 e. The van der Waals surface area contributed by atoms with E-state index in [1.54, 1.807) is 6.92 Å². The maximum atomic E-state index is 9.07. The molecule has 0 radical (unpaired) electrons. The maximum absolute atomic E-state index is 9.07. The number of hydrogen-bond acceptors (Lipinski definition) is 5. The fourth-order valence-electron chi connectivity index (χ4n) is 1.20. The molecule has 15 heavy (non-hydrogen) atoms. The van der Waals surface area contributed by atoms with E-state index >= 15 is 0 Å². The summed E-state index contributed by atoms with van der Waals surface area (Å²) in [6, 6.07) is 1.85. The van der Waals surface area contributed by atoms with E-state index in [2.05, 4.69) is 20.6 Å². The Morgan fingerprint density at radius 3 is 2.80 bits per heavy atom. The minimum Gasteiger partial charge on any atom is -0.393 e. The first-order chi connectivity index (χ1) is 7.22. The fourth-order valence-corrected chi connectivity index (χ4v) is 1.20. The summed E-state index contributed by atoms with van der Waals surface area (Å²) in [4.78, 5) is 8.09. The van der Waals surface area contributed by atoms with Crippen LogP contribution in [0.1, 0.15) is 19.8 Å². The van der Waals surface area contributed by atoms with Crippen LogP contribution in [-0.4, -0.2) is 34.8 Å². The SMILES string of the molecule is CNc1cc(NCCCC(C)O)ncn1. The van der Waals surface area contributed by atoms with Crippen molar-refractivity contribution in [2.45, 2.75) is 25.9 Å². The molecule has 1 aromatic heterocycles. The summed E-state index contributed by atoms with van der Waals surface area (Å²) in [7, 11) is 1.82. The summed E-state index contributed by atoms with van der Waals surface area (Å²) < 4.78 is 0. The Morgan fingerprint density at radius 1 is 1.40 bits per heavy atom. The third-order valence-corrected chi connectivity index (χ3v) is 2.03. The van der Waals surface area contributed by atoms with Gasteiger partial charge in [0.1, 0.15) is 18.0 Å². The lowest BCUT2D eigenvalue weighted by Crippen LogP contribution is -2.08. The summed E-state index contributed by atoms with van der Waals surface area (Å²) >= 11 is 0. The molecule has 0 saturated heterocycles. The number of nitrogens with zero attached hydrogens (tertiary/aromatic N) is 2. The van der Waals surface area contributed by atoms with E-state index in [-0.39, 0.29) is 6.10 Å². The molecule has 0 aliphatic heterocycles. The molecule has 0 aliphatic carbocycles. The number of aliphatic hydroxyl groups is 1. The first-order valence-corrected chi connectivity index (χ1v) is 5.14. The summed E-state index contributed by atoms with van der Waals surface area (Å²) in [5.74, 6) is 1.60. The van der Waals surface area contributed by atoms with Gasteiger partial charge in [0, 0.05) is 19.7 Å². The largest absolute Gasteiger partial charge is 0.393 e. The van der Waals surface area contributed by atoms with Gasteiger partial charge in [0.2, 0.25) is 0 Å². The van der Waals surface area contributed by atoms with Crippen LogP contribution in [0.2, 0.25) is 0 Å². The lowest BCUT2D eigenvalue weighted by Gasteiger charge is -2.07. The molecule has 1 rings (SSSR count). The quantitative estimate of drug-likeness (QED) is 0.613. The highest BCUT2D eigenvalue weighted by Crippen LogP contribution is 2.07. The van der Waals surface area contributed by atoms with Gasteiger partial charge in [0.05, 0.1) is 6.10 Å². The van der Waals surface area contributed by atoms with Gasteiger partial charge in [-0.15, -0.1) is 0 Å². The van der Waals surface area contributed by atoms with Crippen LogP contribution in [0.25, 0.3) is 0 Å². The number of aliphatic hydroxyl groups excluding tert-OH is 1. The highest BCUT2D eigenvalue weighted by atomic mass is 16.3. The van der Waals surface area contributed by atoms with Crippen LogP contribution in [0.3, 0.4) is 0 Å². The lowest BCUT2D eigenvalue weighted by atomic mass is 10.2. The molecule has 1 atom stereocenters. The zero-order chi connectivity index (χ0) is 11.1. The third-order valence-electron chi connectivity index (χ3n) is 2.03. The van der Waals surface area contributed by atoms with Crippen molar-refractivity contribution >= 4 is 11.6 Å². The molecule has 84 valence electrons. The summed E-state index contributed by atoms with van der Waals surface area (Å²) in [5.41, 5.74) is 0.